The minimum absolute atomic E-state index is 0.145. The second-order valence-electron chi connectivity index (χ2n) is 4.97. The normalized spacial score (nSPS) is 19.1. The molecule has 20 heavy (non-hydrogen) atoms. The van der Waals surface area contributed by atoms with Gasteiger partial charge in [0.25, 0.3) is 6.43 Å². The Morgan fingerprint density at radius 2 is 1.85 bits per heavy atom. The Morgan fingerprint density at radius 1 is 1.20 bits per heavy atom. The van der Waals surface area contributed by atoms with Crippen LogP contribution in [0.2, 0.25) is 0 Å². The Morgan fingerprint density at radius 3 is 2.35 bits per heavy atom. The third-order valence-electron chi connectivity index (χ3n) is 3.89. The van der Waals surface area contributed by atoms with Crippen molar-refractivity contribution >= 4 is 6.08 Å². The van der Waals surface area contributed by atoms with Gasteiger partial charge in [-0.1, -0.05) is 0 Å². The van der Waals surface area contributed by atoms with Crippen LogP contribution in [0.25, 0.3) is 0 Å². The molecule has 0 radical (unpaired) electrons. The van der Waals surface area contributed by atoms with E-state index in [2.05, 4.69) is 4.99 Å². The van der Waals surface area contributed by atoms with Crippen molar-refractivity contribution in [2.45, 2.75) is 31.2 Å². The molecule has 6 heteroatoms. The van der Waals surface area contributed by atoms with Crippen LogP contribution in [0.15, 0.2) is 17.1 Å². The van der Waals surface area contributed by atoms with Crippen molar-refractivity contribution in [2.24, 2.45) is 4.99 Å². The lowest BCUT2D eigenvalue weighted by molar-refractivity contribution is 0.139. The minimum Gasteiger partial charge on any atom is -0.486 e. The van der Waals surface area contributed by atoms with E-state index in [4.69, 9.17) is 9.47 Å². The molecule has 1 heterocycles. The summed E-state index contributed by atoms with van der Waals surface area (Å²) in [6.07, 6.45) is 0.852. The van der Waals surface area contributed by atoms with Crippen molar-refractivity contribution in [3.8, 4) is 11.5 Å². The molecule has 0 spiro atoms. The molecule has 0 unspecified atom stereocenters. The van der Waals surface area contributed by atoms with Crippen molar-refractivity contribution in [3.63, 3.8) is 0 Å². The van der Waals surface area contributed by atoms with E-state index in [0.717, 1.165) is 6.42 Å². The molecule has 0 N–H and O–H groups in total. The Kier molecular flexibility index (Phi) is 3.18. The van der Waals surface area contributed by atoms with Gasteiger partial charge in [0.05, 0.1) is 5.54 Å². The molecule has 1 saturated carbocycles. The maximum atomic E-state index is 13.3. The zero-order valence-electron chi connectivity index (χ0n) is 10.7. The van der Waals surface area contributed by atoms with E-state index >= 15 is 0 Å². The number of ether oxygens (including phenoxy) is 2. The van der Waals surface area contributed by atoms with Crippen LogP contribution < -0.4 is 9.47 Å². The first-order valence-electron chi connectivity index (χ1n) is 6.47. The summed E-state index contributed by atoms with van der Waals surface area (Å²) < 4.78 is 37.3. The Hall–Kier alpha value is -1.94. The molecule has 0 amide bonds. The predicted molar refractivity (Wildman–Crippen MR) is 66.0 cm³/mol. The second-order valence-corrected chi connectivity index (χ2v) is 4.97. The number of alkyl halides is 2. The second kappa shape index (κ2) is 4.87. The molecule has 0 bridgehead atoms. The number of nitrogens with zero attached hydrogens (tertiary/aromatic N) is 1. The fourth-order valence-corrected chi connectivity index (χ4v) is 2.73. The van der Waals surface area contributed by atoms with Crippen LogP contribution >= 0.6 is 0 Å². The molecule has 106 valence electrons. The first-order valence-corrected chi connectivity index (χ1v) is 6.47. The number of hydrogen-bond donors (Lipinski definition) is 0. The lowest BCUT2D eigenvalue weighted by Gasteiger charge is -2.39. The SMILES string of the molecule is O=C=NC1(c2cc3c(cc2C(F)F)OCCO3)CCC1. The van der Waals surface area contributed by atoms with Crippen molar-refractivity contribution in [1.29, 1.82) is 0 Å². The van der Waals surface area contributed by atoms with Gasteiger partial charge in [-0.2, -0.15) is 4.99 Å². The number of aliphatic imine (C=N–C) groups is 1. The number of benzene rings is 1. The number of isocyanates is 1. The summed E-state index contributed by atoms with van der Waals surface area (Å²) in [5.74, 6) is 0.753. The highest BCUT2D eigenvalue weighted by atomic mass is 19.3. The highest BCUT2D eigenvalue weighted by Gasteiger charge is 2.42. The molecule has 1 aromatic rings. The molecular weight excluding hydrogens is 268 g/mol. The number of fused-ring (bicyclic) bond motifs is 1. The fourth-order valence-electron chi connectivity index (χ4n) is 2.73. The van der Waals surface area contributed by atoms with Crippen molar-refractivity contribution in [1.82, 2.24) is 0 Å². The van der Waals surface area contributed by atoms with Gasteiger partial charge in [0, 0.05) is 5.56 Å². The summed E-state index contributed by atoms with van der Waals surface area (Å²) >= 11 is 0. The van der Waals surface area contributed by atoms with E-state index < -0.39 is 12.0 Å². The van der Waals surface area contributed by atoms with Crippen LogP contribution in [0.4, 0.5) is 8.78 Å². The van der Waals surface area contributed by atoms with Crippen molar-refractivity contribution < 1.29 is 23.0 Å². The summed E-state index contributed by atoms with van der Waals surface area (Å²) in [6, 6.07) is 2.84. The lowest BCUT2D eigenvalue weighted by Crippen LogP contribution is -2.33. The number of carbonyl (C=O) groups excluding carboxylic acids is 1. The van der Waals surface area contributed by atoms with Gasteiger partial charge in [-0.15, -0.1) is 0 Å². The molecule has 1 fully saturated rings. The van der Waals surface area contributed by atoms with Gasteiger partial charge in [0.15, 0.2) is 11.5 Å². The maximum absolute atomic E-state index is 13.3. The smallest absolute Gasteiger partial charge is 0.264 e. The van der Waals surface area contributed by atoms with E-state index in [1.165, 1.54) is 18.2 Å². The molecule has 3 rings (SSSR count). The van der Waals surface area contributed by atoms with E-state index in [1.54, 1.807) is 0 Å². The standard InChI is InChI=1S/C14H13F2NO3/c15-13(16)9-6-11-12(20-5-4-19-11)7-10(9)14(17-8-18)2-1-3-14/h6-7,13H,1-5H2. The van der Waals surface area contributed by atoms with Gasteiger partial charge in [-0.05, 0) is 37.0 Å². The first kappa shape index (κ1) is 13.1. The average molecular weight is 281 g/mol. The predicted octanol–water partition coefficient (Wildman–Crippen LogP) is 3.11. The summed E-state index contributed by atoms with van der Waals surface area (Å²) in [5, 5.41) is 0. The Balaban J connectivity index is 2.15. The largest absolute Gasteiger partial charge is 0.486 e. The molecule has 0 saturated heterocycles. The van der Waals surface area contributed by atoms with Crippen molar-refractivity contribution in [2.75, 3.05) is 13.2 Å². The van der Waals surface area contributed by atoms with Gasteiger partial charge >= 0.3 is 0 Å². The molecule has 0 atom stereocenters. The Bertz CT molecular complexity index is 578. The minimum atomic E-state index is -2.65. The van der Waals surface area contributed by atoms with Gasteiger partial charge in [-0.25, -0.2) is 13.6 Å². The highest BCUT2D eigenvalue weighted by molar-refractivity contribution is 5.52. The van der Waals surface area contributed by atoms with Crippen molar-refractivity contribution in [3.05, 3.63) is 23.3 Å². The lowest BCUT2D eigenvalue weighted by atomic mass is 9.71. The number of halogens is 2. The third kappa shape index (κ3) is 1.96. The number of hydrogen-bond acceptors (Lipinski definition) is 4. The van der Waals surface area contributed by atoms with Gasteiger partial charge in [-0.3, -0.25) is 0 Å². The van der Waals surface area contributed by atoms with E-state index in [1.807, 2.05) is 0 Å². The molecule has 2 aliphatic rings. The summed E-state index contributed by atoms with van der Waals surface area (Å²) in [4.78, 5) is 14.4. The fraction of sp³-hybridized carbons (Fsp3) is 0.500. The monoisotopic (exact) mass is 281 g/mol. The van der Waals surface area contributed by atoms with Crippen LogP contribution in [0, 0.1) is 0 Å². The summed E-state index contributed by atoms with van der Waals surface area (Å²) in [5.41, 5.74) is -0.664. The van der Waals surface area contributed by atoms with Gasteiger partial charge in [0.1, 0.15) is 13.2 Å². The average Bonchev–Trinajstić information content (AvgIpc) is 2.41. The van der Waals surface area contributed by atoms with Crippen LogP contribution in [0.1, 0.15) is 36.8 Å². The maximum Gasteiger partial charge on any atom is 0.264 e. The molecule has 0 aromatic heterocycles. The zero-order chi connectivity index (χ0) is 14.2. The van der Waals surface area contributed by atoms with Crippen LogP contribution in [0.5, 0.6) is 11.5 Å². The molecular formula is C14H13F2NO3. The van der Waals surface area contributed by atoms with E-state index in [9.17, 15) is 13.6 Å². The van der Waals surface area contributed by atoms with E-state index in [0.29, 0.717) is 43.1 Å². The van der Waals surface area contributed by atoms with Gasteiger partial charge in [0.2, 0.25) is 6.08 Å². The third-order valence-corrected chi connectivity index (χ3v) is 3.89. The number of rotatable bonds is 3. The zero-order valence-corrected chi connectivity index (χ0v) is 10.7. The van der Waals surface area contributed by atoms with Gasteiger partial charge < -0.3 is 9.47 Å². The van der Waals surface area contributed by atoms with E-state index in [-0.39, 0.29) is 5.56 Å². The first-order chi connectivity index (χ1) is 9.66. The molecule has 1 aromatic carbocycles. The van der Waals surface area contributed by atoms with Crippen LogP contribution in [-0.4, -0.2) is 19.3 Å². The quantitative estimate of drug-likeness (QED) is 0.631. The molecule has 1 aliphatic carbocycles. The molecule has 4 nitrogen and oxygen atoms in total. The highest BCUT2D eigenvalue weighted by Crippen LogP contribution is 2.50. The molecule has 1 aliphatic heterocycles. The Labute approximate surface area is 114 Å². The summed E-state index contributed by atoms with van der Waals surface area (Å²) in [6.45, 7) is 0.719. The van der Waals surface area contributed by atoms with Crippen LogP contribution in [0.3, 0.4) is 0 Å². The van der Waals surface area contributed by atoms with Crippen LogP contribution in [-0.2, 0) is 10.3 Å². The topological polar surface area (TPSA) is 47.9 Å². The summed E-state index contributed by atoms with van der Waals surface area (Å²) in [7, 11) is 0.